The molecule has 9 nitrogen and oxygen atoms in total. The van der Waals surface area contributed by atoms with Crippen LogP contribution in [0.25, 0.3) is 0 Å². The Balaban J connectivity index is 4.18. The van der Waals surface area contributed by atoms with Crippen molar-refractivity contribution in [3.8, 4) is 0 Å². The molecule has 0 radical (unpaired) electrons. The maximum absolute atomic E-state index is 13.0. The Kier molecular flexibility index (Phi) is 67.9. The number of aliphatic carboxylic acids is 1. The molecule has 2 atom stereocenters. The normalized spacial score (nSPS) is 13.8. The molecule has 0 aliphatic rings. The minimum absolute atomic E-state index is 0.177. The summed E-state index contributed by atoms with van der Waals surface area (Å²) in [4.78, 5) is 37.7. The summed E-state index contributed by atoms with van der Waals surface area (Å²) in [5.41, 5.74) is 0. The van der Waals surface area contributed by atoms with E-state index in [1.807, 2.05) is 21.1 Å². The van der Waals surface area contributed by atoms with Gasteiger partial charge in [-0.15, -0.1) is 0 Å². The van der Waals surface area contributed by atoms with Gasteiger partial charge in [0.25, 0.3) is 6.29 Å². The Morgan fingerprint density at radius 2 is 0.581 bits per heavy atom. The average molecular weight is 1290 g/mol. The second kappa shape index (κ2) is 72.2. The highest BCUT2D eigenvalue weighted by molar-refractivity contribution is 5.71. The molecule has 524 valence electrons. The van der Waals surface area contributed by atoms with E-state index in [2.05, 4.69) is 196 Å². The van der Waals surface area contributed by atoms with Crippen LogP contribution in [0.2, 0.25) is 0 Å². The van der Waals surface area contributed by atoms with Crippen molar-refractivity contribution in [1.82, 2.24) is 0 Å². The van der Waals surface area contributed by atoms with Crippen molar-refractivity contribution in [3.05, 3.63) is 182 Å². The van der Waals surface area contributed by atoms with Crippen LogP contribution < -0.4 is 0 Å². The lowest BCUT2D eigenvalue weighted by Gasteiger charge is -2.25. The van der Waals surface area contributed by atoms with E-state index in [-0.39, 0.29) is 38.6 Å². The van der Waals surface area contributed by atoms with Crippen molar-refractivity contribution in [2.24, 2.45) is 0 Å². The summed E-state index contributed by atoms with van der Waals surface area (Å²) >= 11 is 0. The van der Waals surface area contributed by atoms with Crippen LogP contribution in [0.5, 0.6) is 0 Å². The lowest BCUT2D eigenvalue weighted by atomic mass is 10.0. The molecule has 0 aliphatic carbocycles. The van der Waals surface area contributed by atoms with Gasteiger partial charge in [-0.2, -0.15) is 0 Å². The predicted molar refractivity (Wildman–Crippen MR) is 400 cm³/mol. The molecule has 1 N–H and O–H groups in total. The molecule has 9 heteroatoms. The minimum atomic E-state index is -1.53. The standard InChI is InChI=1S/C84H135NO8/c1-6-8-10-12-14-16-18-20-22-24-26-28-30-32-34-36-37-38-39-40-41-42-43-44-45-47-49-51-53-55-57-59-61-63-65-67-69-71-73-75-82(87)93-80(79-92-84(83(88)89)90-77-76-85(3,4)5)78-91-81(86)74-72-70-68-66-64-62-60-58-56-54-52-50-48-46-35-33-31-29-27-25-23-21-19-17-15-13-11-9-7-2/h8-11,14-17,20-23,26-29,32-35,37-38,40-41,43-44,47,49,53,55,80,84H,6-7,12-13,18-19,24-25,30-31,36,39,42,45-46,48,50-52,54,56-79H2,1-5H3/p+1/b10-8-,11-9-,16-14-,17-15-,22-20-,23-21-,28-26-,29-27-,34-32-,35-33-,38-37-,41-40-,44-43-,49-47-,55-53-. The summed E-state index contributed by atoms with van der Waals surface area (Å²) in [6.07, 6.45) is 107. The van der Waals surface area contributed by atoms with Gasteiger partial charge < -0.3 is 28.5 Å². The SMILES string of the molecule is CC/C=C\C/C=C\C/C=C\C/C=C\C/C=C\C/C=C\C/C=C\C/C=C\C/C=C\C/C=C\CCCCCCCCCCC(=O)OC(COC(=O)CCCCCCCCCCCCCCC/C=C\C/C=C\C/C=C\C/C=C\C/C=C\CC)COC(OCC[N+](C)(C)C)C(=O)O. The maximum atomic E-state index is 13.0. The Bertz CT molecular complexity index is 2190. The van der Waals surface area contributed by atoms with Gasteiger partial charge in [0, 0.05) is 12.8 Å². The molecule has 0 aliphatic heterocycles. The van der Waals surface area contributed by atoms with Gasteiger partial charge in [0.05, 0.1) is 34.4 Å². The smallest absolute Gasteiger partial charge is 0.361 e. The molecule has 0 aromatic rings. The summed E-state index contributed by atoms with van der Waals surface area (Å²) < 4.78 is 23.0. The van der Waals surface area contributed by atoms with E-state index in [0.717, 1.165) is 141 Å². The number of nitrogens with zero attached hydrogens (tertiary/aromatic N) is 1. The highest BCUT2D eigenvalue weighted by Crippen LogP contribution is 2.16. The van der Waals surface area contributed by atoms with Crippen molar-refractivity contribution >= 4 is 17.9 Å². The molecule has 93 heavy (non-hydrogen) atoms. The van der Waals surface area contributed by atoms with Crippen molar-refractivity contribution in [2.75, 3.05) is 47.5 Å². The first-order valence-corrected chi connectivity index (χ1v) is 36.9. The van der Waals surface area contributed by atoms with Crippen LogP contribution >= 0.6 is 0 Å². The van der Waals surface area contributed by atoms with Gasteiger partial charge >= 0.3 is 17.9 Å². The lowest BCUT2D eigenvalue weighted by Crippen LogP contribution is -2.40. The number of esters is 2. The monoisotopic (exact) mass is 1290 g/mol. The topological polar surface area (TPSA) is 108 Å². The van der Waals surface area contributed by atoms with Gasteiger partial charge in [0.1, 0.15) is 13.2 Å². The highest BCUT2D eigenvalue weighted by atomic mass is 16.7. The molecule has 0 rings (SSSR count). The van der Waals surface area contributed by atoms with Crippen LogP contribution in [0.4, 0.5) is 0 Å². The van der Waals surface area contributed by atoms with Crippen LogP contribution in [0.1, 0.15) is 271 Å². The molecule has 0 aromatic heterocycles. The van der Waals surface area contributed by atoms with Gasteiger partial charge in [0.2, 0.25) is 0 Å². The molecule has 0 saturated heterocycles. The zero-order chi connectivity index (χ0) is 67.5. The number of unbranched alkanes of at least 4 members (excludes halogenated alkanes) is 21. The van der Waals surface area contributed by atoms with Gasteiger partial charge in [-0.3, -0.25) is 9.59 Å². The van der Waals surface area contributed by atoms with E-state index < -0.39 is 24.3 Å². The lowest BCUT2D eigenvalue weighted by molar-refractivity contribution is -0.870. The maximum Gasteiger partial charge on any atom is 0.361 e. The van der Waals surface area contributed by atoms with Crippen LogP contribution in [0, 0.1) is 0 Å². The Morgan fingerprint density at radius 3 is 0.860 bits per heavy atom. The first-order valence-electron chi connectivity index (χ1n) is 36.9. The number of ether oxygens (including phenoxy) is 4. The van der Waals surface area contributed by atoms with E-state index in [0.29, 0.717) is 17.4 Å². The van der Waals surface area contributed by atoms with Crippen LogP contribution in [0.15, 0.2) is 182 Å². The number of hydrogen-bond donors (Lipinski definition) is 1. The third-order valence-corrected chi connectivity index (χ3v) is 15.2. The molecule has 0 heterocycles. The van der Waals surface area contributed by atoms with Crippen molar-refractivity contribution in [2.45, 2.75) is 283 Å². The van der Waals surface area contributed by atoms with Crippen molar-refractivity contribution in [1.29, 1.82) is 0 Å². The summed E-state index contributed by atoms with van der Waals surface area (Å²) in [5.74, 6) is -2.03. The van der Waals surface area contributed by atoms with E-state index in [1.165, 1.54) is 96.3 Å². The summed E-state index contributed by atoms with van der Waals surface area (Å²) in [6, 6.07) is 0. The van der Waals surface area contributed by atoms with Crippen LogP contribution in [-0.2, 0) is 33.3 Å². The summed E-state index contributed by atoms with van der Waals surface area (Å²) in [7, 11) is 5.97. The fourth-order valence-corrected chi connectivity index (χ4v) is 9.60. The Hall–Kier alpha value is -5.61. The molecule has 0 amide bonds. The Labute approximate surface area is 570 Å². The second-order valence-electron chi connectivity index (χ2n) is 25.1. The first-order chi connectivity index (χ1) is 45.6. The highest BCUT2D eigenvalue weighted by Gasteiger charge is 2.25. The third kappa shape index (κ3) is 73.7. The van der Waals surface area contributed by atoms with E-state index >= 15 is 0 Å². The van der Waals surface area contributed by atoms with Gasteiger partial charge in [-0.1, -0.05) is 305 Å². The van der Waals surface area contributed by atoms with Gasteiger partial charge in [-0.25, -0.2) is 4.79 Å². The van der Waals surface area contributed by atoms with Crippen LogP contribution in [0.3, 0.4) is 0 Å². The fourth-order valence-electron chi connectivity index (χ4n) is 9.60. The second-order valence-corrected chi connectivity index (χ2v) is 25.1. The summed E-state index contributed by atoms with van der Waals surface area (Å²) in [5, 5.41) is 9.76. The van der Waals surface area contributed by atoms with Crippen LogP contribution in [-0.4, -0.2) is 87.4 Å². The number of carbonyl (C=O) groups excluding carboxylic acids is 2. The minimum Gasteiger partial charge on any atom is -0.477 e. The predicted octanol–water partition coefficient (Wildman–Crippen LogP) is 23.6. The van der Waals surface area contributed by atoms with Gasteiger partial charge in [-0.05, 0) is 135 Å². The third-order valence-electron chi connectivity index (χ3n) is 15.2. The number of likely N-dealkylation sites (N-methyl/N-ethyl adjacent to an activating group) is 1. The number of carboxylic acids is 1. The number of rotatable bonds is 66. The number of carbonyl (C=O) groups is 3. The van der Waals surface area contributed by atoms with Gasteiger partial charge in [0.15, 0.2) is 6.10 Å². The average Bonchev–Trinajstić information content (AvgIpc) is 3.38. The van der Waals surface area contributed by atoms with Crippen molar-refractivity contribution < 1.29 is 42.9 Å². The first kappa shape index (κ1) is 87.4. The number of quaternary nitrogens is 1. The number of allylic oxidation sites excluding steroid dienone is 30. The summed E-state index contributed by atoms with van der Waals surface area (Å²) in [6.45, 7) is 4.63. The molecular weight excluding hydrogens is 1150 g/mol. The van der Waals surface area contributed by atoms with E-state index in [1.54, 1.807) is 0 Å². The van der Waals surface area contributed by atoms with Crippen molar-refractivity contribution in [3.63, 3.8) is 0 Å². The number of carboxylic acid groups (broad SMARTS) is 1. The molecular formula is C84H136NO8+. The largest absolute Gasteiger partial charge is 0.477 e. The zero-order valence-electron chi connectivity index (χ0n) is 59.8. The van der Waals surface area contributed by atoms with E-state index in [9.17, 15) is 19.5 Å². The quantitative estimate of drug-likeness (QED) is 0.0211. The molecule has 0 bridgehead atoms. The molecule has 0 fully saturated rings. The fraction of sp³-hybridized carbons (Fsp3) is 0.607. The van der Waals surface area contributed by atoms with E-state index in [4.69, 9.17) is 18.9 Å². The molecule has 0 saturated carbocycles. The molecule has 0 spiro atoms. The number of hydrogen-bond acceptors (Lipinski definition) is 7. The zero-order valence-corrected chi connectivity index (χ0v) is 59.8. The molecule has 0 aromatic carbocycles. The molecule has 2 unspecified atom stereocenters. The Morgan fingerprint density at radius 1 is 0.323 bits per heavy atom.